The van der Waals surface area contributed by atoms with Crippen LogP contribution in [-0.2, 0) is 0 Å². The predicted octanol–water partition coefficient (Wildman–Crippen LogP) is 2.47. The highest BCUT2D eigenvalue weighted by Crippen LogP contribution is 2.31. The van der Waals surface area contributed by atoms with Crippen LogP contribution in [-0.4, -0.2) is 45.5 Å². The number of aromatic hydroxyl groups is 2. The van der Waals surface area contributed by atoms with E-state index in [1.165, 1.54) is 26.4 Å². The summed E-state index contributed by atoms with van der Waals surface area (Å²) in [6.07, 6.45) is 0. The fourth-order valence-corrected chi connectivity index (χ4v) is 1.88. The Balaban J connectivity index is 0.000000251. The zero-order valence-corrected chi connectivity index (χ0v) is 14.3. The van der Waals surface area contributed by atoms with E-state index >= 15 is 0 Å². The third-order valence-electron chi connectivity index (χ3n) is 2.60. The molecule has 0 aliphatic carbocycles. The van der Waals surface area contributed by atoms with Gasteiger partial charge in [0.05, 0.1) is 14.2 Å². The smallest absolute Gasteiger partial charge is 0.358 e. The maximum atomic E-state index is 10.5. The highest BCUT2D eigenvalue weighted by molar-refractivity contribution is 6.30. The number of hydrogen-bond donors (Lipinski definition) is 3. The number of carbonyl (C=O) groups is 1. The van der Waals surface area contributed by atoms with Gasteiger partial charge in [-0.2, -0.15) is 5.26 Å². The molecule has 132 valence electrons. The normalized spacial score (nSPS) is 9.40. The van der Waals surface area contributed by atoms with Crippen molar-refractivity contribution in [1.29, 1.82) is 5.26 Å². The lowest BCUT2D eigenvalue weighted by Gasteiger charge is -2.05. The van der Waals surface area contributed by atoms with Crippen molar-refractivity contribution in [3.63, 3.8) is 0 Å². The van der Waals surface area contributed by atoms with Crippen molar-refractivity contribution >= 4 is 29.2 Å². The first-order chi connectivity index (χ1) is 11.7. The van der Waals surface area contributed by atoms with Gasteiger partial charge in [0.15, 0.2) is 34.4 Å². The number of ether oxygens (including phenoxy) is 2. The largest absolute Gasteiger partial charge is 0.503 e. The van der Waals surface area contributed by atoms with Crippen LogP contribution in [0.25, 0.3) is 0 Å². The van der Waals surface area contributed by atoms with Crippen LogP contribution >= 0.6 is 23.2 Å². The van der Waals surface area contributed by atoms with Crippen molar-refractivity contribution < 1.29 is 29.6 Å². The summed E-state index contributed by atoms with van der Waals surface area (Å²) < 4.78 is 9.42. The van der Waals surface area contributed by atoms with Crippen LogP contribution in [0.4, 0.5) is 0 Å². The number of nitrogens with zero attached hydrogens (tertiary/aromatic N) is 3. The van der Waals surface area contributed by atoms with Crippen LogP contribution in [0.3, 0.4) is 0 Å². The van der Waals surface area contributed by atoms with E-state index in [2.05, 4.69) is 14.7 Å². The van der Waals surface area contributed by atoms with E-state index in [1.807, 2.05) is 0 Å². The van der Waals surface area contributed by atoms with Crippen LogP contribution in [0.5, 0.6) is 23.0 Å². The Morgan fingerprint density at radius 3 is 2.00 bits per heavy atom. The van der Waals surface area contributed by atoms with Gasteiger partial charge in [0.1, 0.15) is 16.4 Å². The number of pyridine rings is 2. The van der Waals surface area contributed by atoms with Crippen LogP contribution in [0.1, 0.15) is 16.2 Å². The zero-order valence-electron chi connectivity index (χ0n) is 12.8. The lowest BCUT2D eigenvalue weighted by Crippen LogP contribution is -2.02. The second-order valence-corrected chi connectivity index (χ2v) is 4.88. The van der Waals surface area contributed by atoms with Crippen molar-refractivity contribution in [2.75, 3.05) is 14.2 Å². The number of carboxylic acids is 1. The minimum absolute atomic E-state index is 0.0163. The van der Waals surface area contributed by atoms with E-state index in [9.17, 15) is 15.0 Å². The fraction of sp³-hybridized carbons (Fsp3) is 0.143. The van der Waals surface area contributed by atoms with Crippen molar-refractivity contribution in [3.8, 4) is 29.1 Å². The quantitative estimate of drug-likeness (QED) is 0.675. The SMILES string of the molecule is COc1cc(Cl)nc(C#N)c1O.COc1cc(Cl)nc(C(=O)O)c1O. The summed E-state index contributed by atoms with van der Waals surface area (Å²) in [5.41, 5.74) is -0.663. The first kappa shape index (κ1) is 20.1. The summed E-state index contributed by atoms with van der Waals surface area (Å²) in [5.74, 6) is -2.05. The van der Waals surface area contributed by atoms with E-state index in [0.717, 1.165) is 0 Å². The molecule has 0 saturated carbocycles. The first-order valence-electron chi connectivity index (χ1n) is 6.25. The topological polar surface area (TPSA) is 146 Å². The summed E-state index contributed by atoms with van der Waals surface area (Å²) in [7, 11) is 2.66. The predicted molar refractivity (Wildman–Crippen MR) is 86.6 cm³/mol. The molecule has 11 heteroatoms. The van der Waals surface area contributed by atoms with Gasteiger partial charge in [-0.05, 0) is 0 Å². The standard InChI is InChI=1S/C7H5ClN2O2.C7H6ClNO4/c1-12-5-2-6(8)10-4(3-9)7(5)11;1-13-3-2-4(8)9-5(6(3)10)7(11)12/h2,11H,1H3;2,10H,1H3,(H,11,12). The second kappa shape index (κ2) is 8.77. The number of aromatic carboxylic acids is 1. The van der Waals surface area contributed by atoms with Gasteiger partial charge in [0, 0.05) is 12.1 Å². The monoisotopic (exact) mass is 387 g/mol. The molecule has 0 radical (unpaired) electrons. The summed E-state index contributed by atoms with van der Waals surface area (Å²) >= 11 is 11.0. The molecule has 2 aromatic heterocycles. The lowest BCUT2D eigenvalue weighted by atomic mass is 10.3. The highest BCUT2D eigenvalue weighted by Gasteiger charge is 2.17. The van der Waals surface area contributed by atoms with Gasteiger partial charge < -0.3 is 24.8 Å². The number of aromatic nitrogens is 2. The molecule has 0 aliphatic rings. The molecule has 0 aliphatic heterocycles. The Kier molecular flexibility index (Phi) is 7.05. The van der Waals surface area contributed by atoms with E-state index in [1.54, 1.807) is 6.07 Å². The summed E-state index contributed by atoms with van der Waals surface area (Å²) in [4.78, 5) is 17.5. The average Bonchev–Trinajstić information content (AvgIpc) is 2.58. The van der Waals surface area contributed by atoms with Gasteiger partial charge in [0.25, 0.3) is 0 Å². The van der Waals surface area contributed by atoms with E-state index in [4.69, 9.17) is 38.3 Å². The molecule has 25 heavy (non-hydrogen) atoms. The van der Waals surface area contributed by atoms with Crippen molar-refractivity contribution in [3.05, 3.63) is 33.8 Å². The number of methoxy groups -OCH3 is 2. The van der Waals surface area contributed by atoms with Crippen molar-refractivity contribution in [1.82, 2.24) is 9.97 Å². The molecule has 9 nitrogen and oxygen atoms in total. The van der Waals surface area contributed by atoms with Crippen molar-refractivity contribution in [2.45, 2.75) is 0 Å². The van der Waals surface area contributed by atoms with Gasteiger partial charge in [-0.3, -0.25) is 0 Å². The van der Waals surface area contributed by atoms with Crippen LogP contribution < -0.4 is 9.47 Å². The molecule has 0 saturated heterocycles. The Labute approximate surface area is 151 Å². The number of nitriles is 1. The molecule has 2 heterocycles. The molecular weight excluding hydrogens is 377 g/mol. The lowest BCUT2D eigenvalue weighted by molar-refractivity contribution is 0.0686. The Morgan fingerprint density at radius 2 is 1.56 bits per heavy atom. The summed E-state index contributed by atoms with van der Waals surface area (Å²) in [6.45, 7) is 0. The number of hydrogen-bond acceptors (Lipinski definition) is 8. The molecule has 2 rings (SSSR count). The molecule has 0 fully saturated rings. The van der Waals surface area contributed by atoms with E-state index in [-0.39, 0.29) is 33.2 Å². The van der Waals surface area contributed by atoms with Gasteiger partial charge in [-0.25, -0.2) is 14.8 Å². The summed E-state index contributed by atoms with van der Waals surface area (Å²) in [6, 6.07) is 4.24. The number of halogens is 2. The average molecular weight is 388 g/mol. The van der Waals surface area contributed by atoms with Crippen molar-refractivity contribution in [2.24, 2.45) is 0 Å². The summed E-state index contributed by atoms with van der Waals surface area (Å²) in [5, 5.41) is 35.6. The number of carboxylic acid groups (broad SMARTS) is 1. The third kappa shape index (κ3) is 5.00. The zero-order chi connectivity index (χ0) is 19.1. The maximum Gasteiger partial charge on any atom is 0.358 e. The van der Waals surface area contributed by atoms with Crippen LogP contribution in [0.15, 0.2) is 12.1 Å². The van der Waals surface area contributed by atoms with Gasteiger partial charge in [0.2, 0.25) is 0 Å². The van der Waals surface area contributed by atoms with E-state index in [0.29, 0.717) is 0 Å². The Hall–Kier alpha value is -2.96. The molecule has 0 aromatic carbocycles. The highest BCUT2D eigenvalue weighted by atomic mass is 35.5. The van der Waals surface area contributed by atoms with E-state index < -0.39 is 17.4 Å². The molecule has 0 bridgehead atoms. The molecule has 0 atom stereocenters. The van der Waals surface area contributed by atoms with Gasteiger partial charge in [-0.15, -0.1) is 0 Å². The second-order valence-electron chi connectivity index (χ2n) is 4.11. The molecule has 2 aromatic rings. The number of rotatable bonds is 3. The molecule has 0 amide bonds. The molecule has 0 spiro atoms. The molecular formula is C14H11Cl2N3O6. The minimum Gasteiger partial charge on any atom is -0.503 e. The van der Waals surface area contributed by atoms with Crippen LogP contribution in [0.2, 0.25) is 10.3 Å². The maximum absolute atomic E-state index is 10.5. The van der Waals surface area contributed by atoms with Gasteiger partial charge in [-0.1, -0.05) is 23.2 Å². The Morgan fingerprint density at radius 1 is 1.08 bits per heavy atom. The molecule has 0 unspecified atom stereocenters. The Bertz CT molecular complexity index is 838. The minimum atomic E-state index is -1.36. The third-order valence-corrected chi connectivity index (χ3v) is 2.99. The fourth-order valence-electron chi connectivity index (χ4n) is 1.51. The van der Waals surface area contributed by atoms with Gasteiger partial charge >= 0.3 is 5.97 Å². The van der Waals surface area contributed by atoms with Crippen LogP contribution in [0, 0.1) is 11.3 Å². The molecule has 3 N–H and O–H groups in total. The first-order valence-corrected chi connectivity index (χ1v) is 7.01.